The minimum Gasteiger partial charge on any atom is -0.319 e. The predicted molar refractivity (Wildman–Crippen MR) is 69.0 cm³/mol. The fourth-order valence-corrected chi connectivity index (χ4v) is 1.77. The number of rotatable bonds is 3. The number of carbonyl (C=O) groups excluding carboxylic acids is 1. The van der Waals surface area contributed by atoms with Crippen LogP contribution in [0, 0.1) is 0 Å². The second-order valence-electron chi connectivity index (χ2n) is 4.48. The molecule has 88 valence electrons. The number of nitrogens with zero attached hydrogens (tertiary/aromatic N) is 1. The van der Waals surface area contributed by atoms with Crippen LogP contribution in [0.15, 0.2) is 36.5 Å². The van der Waals surface area contributed by atoms with Crippen LogP contribution < -0.4 is 5.73 Å². The number of hydrogen-bond acceptors (Lipinski definition) is 3. The Bertz CT molecular complexity index is 556. The van der Waals surface area contributed by atoms with Crippen LogP contribution in [0.5, 0.6) is 0 Å². The summed E-state index contributed by atoms with van der Waals surface area (Å²) >= 11 is 0. The van der Waals surface area contributed by atoms with Gasteiger partial charge in [-0.05, 0) is 25.5 Å². The fraction of sp³-hybridized carbons (Fsp3) is 0.286. The van der Waals surface area contributed by atoms with Crippen molar-refractivity contribution in [3.05, 3.63) is 42.1 Å². The molecule has 0 amide bonds. The summed E-state index contributed by atoms with van der Waals surface area (Å²) in [4.78, 5) is 16.6. The lowest BCUT2D eigenvalue weighted by Crippen LogP contribution is -2.44. The van der Waals surface area contributed by atoms with Crippen LogP contribution in [0.3, 0.4) is 0 Å². The molecule has 0 saturated carbocycles. The third-order valence-electron chi connectivity index (χ3n) is 3.14. The molecule has 0 aliphatic heterocycles. The molecule has 0 saturated heterocycles. The van der Waals surface area contributed by atoms with E-state index < -0.39 is 5.54 Å². The van der Waals surface area contributed by atoms with Gasteiger partial charge < -0.3 is 5.73 Å². The maximum atomic E-state index is 12.4. The highest BCUT2D eigenvalue weighted by atomic mass is 16.1. The summed E-state index contributed by atoms with van der Waals surface area (Å²) in [6, 6.07) is 9.29. The summed E-state index contributed by atoms with van der Waals surface area (Å²) in [6.45, 7) is 3.69. The number of fused-ring (bicyclic) bond motifs is 1. The number of carbonyl (C=O) groups is 1. The lowest BCUT2D eigenvalue weighted by Gasteiger charge is -2.21. The number of hydrogen-bond donors (Lipinski definition) is 1. The second kappa shape index (κ2) is 4.26. The molecule has 17 heavy (non-hydrogen) atoms. The summed E-state index contributed by atoms with van der Waals surface area (Å²) < 4.78 is 0. The van der Waals surface area contributed by atoms with Crippen molar-refractivity contribution >= 4 is 16.7 Å². The zero-order chi connectivity index (χ0) is 12.5. The van der Waals surface area contributed by atoms with Gasteiger partial charge in [0.15, 0.2) is 5.78 Å². The Balaban J connectivity index is 2.60. The molecule has 1 aromatic heterocycles. The van der Waals surface area contributed by atoms with Crippen molar-refractivity contribution in [3.63, 3.8) is 0 Å². The van der Waals surface area contributed by atoms with Crippen molar-refractivity contribution in [3.8, 4) is 0 Å². The zero-order valence-electron chi connectivity index (χ0n) is 10.1. The van der Waals surface area contributed by atoms with Gasteiger partial charge in [-0.25, -0.2) is 0 Å². The Morgan fingerprint density at radius 1 is 1.35 bits per heavy atom. The first kappa shape index (κ1) is 11.7. The Kier molecular flexibility index (Phi) is 2.94. The number of ketones is 1. The van der Waals surface area contributed by atoms with Crippen molar-refractivity contribution < 1.29 is 4.79 Å². The van der Waals surface area contributed by atoms with Crippen LogP contribution >= 0.6 is 0 Å². The van der Waals surface area contributed by atoms with Gasteiger partial charge >= 0.3 is 0 Å². The average Bonchev–Trinajstić information content (AvgIpc) is 2.37. The van der Waals surface area contributed by atoms with Crippen LogP contribution in [0.2, 0.25) is 0 Å². The number of nitrogens with two attached hydrogens (primary N) is 1. The first-order valence-electron chi connectivity index (χ1n) is 5.73. The maximum absolute atomic E-state index is 12.4. The third-order valence-corrected chi connectivity index (χ3v) is 3.14. The molecule has 1 unspecified atom stereocenters. The predicted octanol–water partition coefficient (Wildman–Crippen LogP) is 2.54. The molecule has 0 aliphatic carbocycles. The van der Waals surface area contributed by atoms with E-state index >= 15 is 0 Å². The van der Waals surface area contributed by atoms with E-state index in [2.05, 4.69) is 4.98 Å². The Morgan fingerprint density at radius 3 is 2.82 bits per heavy atom. The van der Waals surface area contributed by atoms with E-state index in [0.29, 0.717) is 12.0 Å². The molecular weight excluding hydrogens is 212 g/mol. The Morgan fingerprint density at radius 2 is 2.12 bits per heavy atom. The highest BCUT2D eigenvalue weighted by Crippen LogP contribution is 2.21. The molecule has 0 radical (unpaired) electrons. The number of pyridine rings is 1. The quantitative estimate of drug-likeness (QED) is 0.821. The van der Waals surface area contributed by atoms with E-state index in [1.54, 1.807) is 13.1 Å². The first-order chi connectivity index (χ1) is 8.06. The van der Waals surface area contributed by atoms with Crippen LogP contribution in [-0.2, 0) is 0 Å². The fourth-order valence-electron chi connectivity index (χ4n) is 1.77. The highest BCUT2D eigenvalue weighted by molar-refractivity contribution is 6.11. The summed E-state index contributed by atoms with van der Waals surface area (Å²) in [5.41, 5.74) is 6.68. The van der Waals surface area contributed by atoms with Crippen LogP contribution in [0.25, 0.3) is 10.9 Å². The lowest BCUT2D eigenvalue weighted by molar-refractivity contribution is 0.0899. The normalized spacial score (nSPS) is 14.5. The molecule has 3 heteroatoms. The van der Waals surface area contributed by atoms with Crippen molar-refractivity contribution in [2.24, 2.45) is 5.73 Å². The van der Waals surface area contributed by atoms with Gasteiger partial charge in [0.1, 0.15) is 0 Å². The molecule has 2 aromatic rings. The molecule has 2 N–H and O–H groups in total. The van der Waals surface area contributed by atoms with Crippen LogP contribution in [0.1, 0.15) is 30.6 Å². The number of benzene rings is 1. The third kappa shape index (κ3) is 2.06. The van der Waals surface area contributed by atoms with Crippen molar-refractivity contribution in [1.82, 2.24) is 4.98 Å². The van der Waals surface area contributed by atoms with E-state index in [4.69, 9.17) is 5.73 Å². The molecule has 0 fully saturated rings. The molecule has 3 nitrogen and oxygen atoms in total. The van der Waals surface area contributed by atoms with Gasteiger partial charge in [0.25, 0.3) is 0 Å². The molecule has 0 bridgehead atoms. The van der Waals surface area contributed by atoms with E-state index in [1.165, 1.54) is 0 Å². The van der Waals surface area contributed by atoms with E-state index in [-0.39, 0.29) is 5.78 Å². The second-order valence-corrected chi connectivity index (χ2v) is 4.48. The number of Topliss-reactive ketones (excluding diaryl/α,β-unsaturated/α-hetero) is 1. The molecule has 1 atom stereocenters. The summed E-state index contributed by atoms with van der Waals surface area (Å²) in [5, 5.41) is 0.866. The topological polar surface area (TPSA) is 56.0 Å². The monoisotopic (exact) mass is 228 g/mol. The van der Waals surface area contributed by atoms with E-state index in [0.717, 1.165) is 10.9 Å². The Hall–Kier alpha value is -1.74. The zero-order valence-corrected chi connectivity index (χ0v) is 10.1. The number of aromatic nitrogens is 1. The van der Waals surface area contributed by atoms with E-state index in [1.807, 2.05) is 37.3 Å². The maximum Gasteiger partial charge on any atom is 0.183 e. The molecule has 2 rings (SSSR count). The molecule has 1 heterocycles. The minimum atomic E-state index is -0.815. The lowest BCUT2D eigenvalue weighted by atomic mass is 9.88. The first-order valence-corrected chi connectivity index (χ1v) is 5.73. The van der Waals surface area contributed by atoms with Gasteiger partial charge in [0, 0.05) is 17.1 Å². The van der Waals surface area contributed by atoms with Gasteiger partial charge in [-0.2, -0.15) is 0 Å². The smallest absolute Gasteiger partial charge is 0.183 e. The molecule has 1 aromatic carbocycles. The van der Waals surface area contributed by atoms with Gasteiger partial charge in [0.05, 0.1) is 11.1 Å². The molecule has 0 spiro atoms. The average molecular weight is 228 g/mol. The van der Waals surface area contributed by atoms with Gasteiger partial charge in [-0.1, -0.05) is 25.1 Å². The van der Waals surface area contributed by atoms with Crippen LogP contribution in [0.4, 0.5) is 0 Å². The molecule has 0 aliphatic rings. The SMILES string of the molecule is CCC(C)(N)C(=O)c1cccc2ncccc12. The van der Waals surface area contributed by atoms with Crippen molar-refractivity contribution in [2.45, 2.75) is 25.8 Å². The van der Waals surface area contributed by atoms with Crippen LogP contribution in [-0.4, -0.2) is 16.3 Å². The summed E-state index contributed by atoms with van der Waals surface area (Å²) in [7, 11) is 0. The van der Waals surface area contributed by atoms with Gasteiger partial charge in [0.2, 0.25) is 0 Å². The van der Waals surface area contributed by atoms with Crippen molar-refractivity contribution in [1.29, 1.82) is 0 Å². The summed E-state index contributed by atoms with van der Waals surface area (Å²) in [5.74, 6) is -0.0291. The molecular formula is C14H16N2O. The van der Waals surface area contributed by atoms with Crippen molar-refractivity contribution in [2.75, 3.05) is 0 Å². The van der Waals surface area contributed by atoms with Gasteiger partial charge in [-0.15, -0.1) is 0 Å². The standard InChI is InChI=1S/C14H16N2O/c1-3-14(2,15)13(17)11-6-4-8-12-10(11)7-5-9-16-12/h4-9H,3,15H2,1-2H3. The summed E-state index contributed by atoms with van der Waals surface area (Å²) in [6.07, 6.45) is 2.33. The highest BCUT2D eigenvalue weighted by Gasteiger charge is 2.28. The van der Waals surface area contributed by atoms with E-state index in [9.17, 15) is 4.79 Å². The largest absolute Gasteiger partial charge is 0.319 e. The Labute approximate surface area is 101 Å². The van der Waals surface area contributed by atoms with Gasteiger partial charge in [-0.3, -0.25) is 9.78 Å². The minimum absolute atomic E-state index is 0.0291.